The van der Waals surface area contributed by atoms with Crippen LogP contribution in [0.3, 0.4) is 0 Å². The summed E-state index contributed by atoms with van der Waals surface area (Å²) in [6.07, 6.45) is 2.03. The Kier molecular flexibility index (Phi) is 3.65. The molecule has 0 saturated heterocycles. The third kappa shape index (κ3) is 2.88. The van der Waals surface area contributed by atoms with E-state index in [9.17, 15) is 4.79 Å². The first-order chi connectivity index (χ1) is 6.74. The van der Waals surface area contributed by atoms with Crippen LogP contribution in [0, 0.1) is 11.8 Å². The van der Waals surface area contributed by atoms with Gasteiger partial charge >= 0.3 is 5.97 Å². The van der Waals surface area contributed by atoms with Crippen molar-refractivity contribution < 1.29 is 9.90 Å². The lowest BCUT2D eigenvalue weighted by molar-refractivity contribution is 0.0690. The molecule has 0 radical (unpaired) electrons. The Morgan fingerprint density at radius 3 is 3.07 bits per heavy atom. The van der Waals surface area contributed by atoms with Crippen LogP contribution in [0.15, 0.2) is 18.3 Å². The molecule has 0 saturated carbocycles. The maximum atomic E-state index is 10.6. The molecule has 0 atom stereocenters. The lowest BCUT2D eigenvalue weighted by atomic mass is 10.2. The van der Waals surface area contributed by atoms with Gasteiger partial charge in [-0.1, -0.05) is 11.8 Å². The molecule has 0 aliphatic carbocycles. The molecule has 0 amide bonds. The van der Waals surface area contributed by atoms with Crippen molar-refractivity contribution in [3.05, 3.63) is 29.6 Å². The molecule has 1 rings (SSSR count). The normalized spacial score (nSPS) is 8.93. The number of pyridine rings is 1. The predicted molar refractivity (Wildman–Crippen MR) is 51.7 cm³/mol. The minimum Gasteiger partial charge on any atom is -0.477 e. The lowest BCUT2D eigenvalue weighted by Gasteiger charge is -1.93. The van der Waals surface area contributed by atoms with Crippen LogP contribution in [-0.2, 0) is 0 Å². The van der Waals surface area contributed by atoms with E-state index in [4.69, 9.17) is 10.8 Å². The Morgan fingerprint density at radius 1 is 1.64 bits per heavy atom. The van der Waals surface area contributed by atoms with E-state index >= 15 is 0 Å². The Labute approximate surface area is 81.8 Å². The second-order valence-corrected chi connectivity index (χ2v) is 2.58. The van der Waals surface area contributed by atoms with E-state index < -0.39 is 5.97 Å². The van der Waals surface area contributed by atoms with Crippen LogP contribution in [0.2, 0.25) is 0 Å². The van der Waals surface area contributed by atoms with Crippen LogP contribution in [0.25, 0.3) is 0 Å². The molecular formula is C10H10N2O2. The SMILES string of the molecule is NCCC#Cc1ccnc(C(=O)O)c1. The van der Waals surface area contributed by atoms with Gasteiger partial charge in [-0.3, -0.25) is 0 Å². The highest BCUT2D eigenvalue weighted by atomic mass is 16.4. The highest BCUT2D eigenvalue weighted by molar-refractivity contribution is 5.85. The highest BCUT2D eigenvalue weighted by Crippen LogP contribution is 1.99. The molecule has 0 aliphatic rings. The zero-order valence-electron chi connectivity index (χ0n) is 7.53. The van der Waals surface area contributed by atoms with E-state index in [1.165, 1.54) is 12.3 Å². The average Bonchev–Trinajstić information content (AvgIpc) is 2.19. The topological polar surface area (TPSA) is 76.2 Å². The van der Waals surface area contributed by atoms with Gasteiger partial charge in [-0.25, -0.2) is 9.78 Å². The van der Waals surface area contributed by atoms with Crippen LogP contribution < -0.4 is 5.73 Å². The van der Waals surface area contributed by atoms with Crippen LogP contribution in [-0.4, -0.2) is 22.6 Å². The summed E-state index contributed by atoms with van der Waals surface area (Å²) < 4.78 is 0. The summed E-state index contributed by atoms with van der Waals surface area (Å²) in [6.45, 7) is 0.504. The molecule has 14 heavy (non-hydrogen) atoms. The van der Waals surface area contributed by atoms with Crippen LogP contribution in [0.4, 0.5) is 0 Å². The van der Waals surface area contributed by atoms with Crippen molar-refractivity contribution in [2.45, 2.75) is 6.42 Å². The van der Waals surface area contributed by atoms with Gasteiger partial charge in [0.1, 0.15) is 5.69 Å². The molecule has 0 aromatic carbocycles. The molecular weight excluding hydrogens is 180 g/mol. The summed E-state index contributed by atoms with van der Waals surface area (Å²) in [4.78, 5) is 14.2. The standard InChI is InChI=1S/C10H10N2O2/c11-5-2-1-3-8-4-6-12-9(7-8)10(13)14/h4,6-7H,2,5,11H2,(H,13,14). The van der Waals surface area contributed by atoms with Gasteiger partial charge in [-0.2, -0.15) is 0 Å². The van der Waals surface area contributed by atoms with Gasteiger partial charge in [0.15, 0.2) is 0 Å². The fraction of sp³-hybridized carbons (Fsp3) is 0.200. The monoisotopic (exact) mass is 190 g/mol. The Hall–Kier alpha value is -1.86. The molecule has 0 fully saturated rings. The quantitative estimate of drug-likeness (QED) is 0.665. The Morgan fingerprint density at radius 2 is 2.43 bits per heavy atom. The number of carbonyl (C=O) groups is 1. The molecule has 4 heteroatoms. The van der Waals surface area contributed by atoms with Crippen molar-refractivity contribution in [3.8, 4) is 11.8 Å². The molecule has 72 valence electrons. The van der Waals surface area contributed by atoms with Crippen LogP contribution in [0.1, 0.15) is 22.5 Å². The van der Waals surface area contributed by atoms with Crippen molar-refractivity contribution in [3.63, 3.8) is 0 Å². The van der Waals surface area contributed by atoms with E-state index in [0.717, 1.165) is 0 Å². The van der Waals surface area contributed by atoms with Gasteiger partial charge in [0.25, 0.3) is 0 Å². The number of hydrogen-bond acceptors (Lipinski definition) is 3. The molecule has 1 aromatic rings. The van der Waals surface area contributed by atoms with Crippen LogP contribution >= 0.6 is 0 Å². The number of hydrogen-bond donors (Lipinski definition) is 2. The number of aromatic nitrogens is 1. The Balaban J connectivity index is 2.85. The molecule has 3 N–H and O–H groups in total. The van der Waals surface area contributed by atoms with Gasteiger partial charge in [-0.15, -0.1) is 0 Å². The average molecular weight is 190 g/mol. The van der Waals surface area contributed by atoms with E-state index in [-0.39, 0.29) is 5.69 Å². The molecule has 0 bridgehead atoms. The Bertz CT molecular complexity index is 391. The largest absolute Gasteiger partial charge is 0.477 e. The third-order valence-corrected chi connectivity index (χ3v) is 1.48. The minimum absolute atomic E-state index is 0.00421. The van der Waals surface area contributed by atoms with Gasteiger partial charge in [0, 0.05) is 24.7 Å². The maximum absolute atomic E-state index is 10.6. The van der Waals surface area contributed by atoms with Crippen molar-refractivity contribution in [1.82, 2.24) is 4.98 Å². The van der Waals surface area contributed by atoms with Gasteiger partial charge in [0.2, 0.25) is 0 Å². The van der Waals surface area contributed by atoms with E-state index in [0.29, 0.717) is 18.5 Å². The summed E-state index contributed by atoms with van der Waals surface area (Å²) >= 11 is 0. The van der Waals surface area contributed by atoms with Crippen molar-refractivity contribution in [1.29, 1.82) is 0 Å². The minimum atomic E-state index is -1.05. The summed E-state index contributed by atoms with van der Waals surface area (Å²) in [5.74, 6) is 4.58. The number of nitrogens with zero attached hydrogens (tertiary/aromatic N) is 1. The smallest absolute Gasteiger partial charge is 0.354 e. The number of carboxylic acids is 1. The van der Waals surface area contributed by atoms with E-state index in [1.54, 1.807) is 6.07 Å². The molecule has 1 aromatic heterocycles. The number of rotatable bonds is 2. The number of aromatic carboxylic acids is 1. The molecule has 0 aliphatic heterocycles. The first kappa shape index (κ1) is 10.2. The van der Waals surface area contributed by atoms with E-state index in [1.807, 2.05) is 0 Å². The summed E-state index contributed by atoms with van der Waals surface area (Å²) in [7, 11) is 0. The van der Waals surface area contributed by atoms with Gasteiger partial charge in [-0.05, 0) is 12.1 Å². The van der Waals surface area contributed by atoms with Crippen LogP contribution in [0.5, 0.6) is 0 Å². The van der Waals surface area contributed by atoms with Gasteiger partial charge < -0.3 is 10.8 Å². The fourth-order valence-corrected chi connectivity index (χ4v) is 0.862. The maximum Gasteiger partial charge on any atom is 0.354 e. The first-order valence-electron chi connectivity index (χ1n) is 4.12. The predicted octanol–water partition coefficient (Wildman–Crippen LogP) is 0.480. The van der Waals surface area contributed by atoms with Gasteiger partial charge in [0.05, 0.1) is 0 Å². The van der Waals surface area contributed by atoms with Crippen molar-refractivity contribution >= 4 is 5.97 Å². The zero-order chi connectivity index (χ0) is 10.4. The summed E-state index contributed by atoms with van der Waals surface area (Å²) in [5, 5.41) is 8.65. The molecule has 0 spiro atoms. The first-order valence-corrected chi connectivity index (χ1v) is 4.12. The van der Waals surface area contributed by atoms with E-state index in [2.05, 4.69) is 16.8 Å². The summed E-state index contributed by atoms with van der Waals surface area (Å²) in [6, 6.07) is 3.10. The summed E-state index contributed by atoms with van der Waals surface area (Å²) in [5.41, 5.74) is 5.91. The number of nitrogens with two attached hydrogens (primary N) is 1. The second-order valence-electron chi connectivity index (χ2n) is 2.58. The molecule has 4 nitrogen and oxygen atoms in total. The second kappa shape index (κ2) is 5.00. The van der Waals surface area contributed by atoms with Crippen molar-refractivity contribution in [2.75, 3.05) is 6.54 Å². The molecule has 1 heterocycles. The van der Waals surface area contributed by atoms with Crippen molar-refractivity contribution in [2.24, 2.45) is 5.73 Å². The number of carboxylic acid groups (broad SMARTS) is 1. The zero-order valence-corrected chi connectivity index (χ0v) is 7.53. The lowest BCUT2D eigenvalue weighted by Crippen LogP contribution is -1.99. The molecule has 0 unspecified atom stereocenters. The highest BCUT2D eigenvalue weighted by Gasteiger charge is 2.02. The fourth-order valence-electron chi connectivity index (χ4n) is 0.862. The third-order valence-electron chi connectivity index (χ3n) is 1.48.